The van der Waals surface area contributed by atoms with Gasteiger partial charge in [0.25, 0.3) is 0 Å². The van der Waals surface area contributed by atoms with Gasteiger partial charge >= 0.3 is 5.63 Å². The predicted octanol–water partition coefficient (Wildman–Crippen LogP) is 8.54. The van der Waals surface area contributed by atoms with Gasteiger partial charge in [0.15, 0.2) is 17.1 Å². The molecule has 1 aromatic carbocycles. The van der Waals surface area contributed by atoms with Gasteiger partial charge in [-0.25, -0.2) is 4.79 Å². The summed E-state index contributed by atoms with van der Waals surface area (Å²) in [6.45, 7) is 5.43. The van der Waals surface area contributed by atoms with E-state index < -0.39 is 5.63 Å². The quantitative estimate of drug-likeness (QED) is 0.154. The summed E-state index contributed by atoms with van der Waals surface area (Å²) in [5.41, 5.74) is -0.447. The Kier molecular flexibility index (Phi) is 14.3. The van der Waals surface area contributed by atoms with Crippen molar-refractivity contribution in [1.82, 2.24) is 0 Å². The van der Waals surface area contributed by atoms with E-state index in [2.05, 4.69) is 13.8 Å². The molecule has 0 bridgehead atoms. The van der Waals surface area contributed by atoms with Crippen LogP contribution in [0.4, 0.5) is 0 Å². The average Bonchev–Trinajstić information content (AvgIpc) is 2.83. The van der Waals surface area contributed by atoms with E-state index in [1.54, 1.807) is 12.1 Å². The Morgan fingerprint density at radius 1 is 0.676 bits per heavy atom. The molecule has 0 unspecified atom stereocenters. The lowest BCUT2D eigenvalue weighted by Gasteiger charge is -2.14. The molecule has 0 spiro atoms. The van der Waals surface area contributed by atoms with Crippen molar-refractivity contribution in [3.63, 3.8) is 0 Å². The van der Waals surface area contributed by atoms with Crippen LogP contribution >= 0.6 is 0 Å². The normalized spacial score (nSPS) is 11.2. The Hall–Kier alpha value is -2.17. The van der Waals surface area contributed by atoms with E-state index in [1.807, 2.05) is 0 Å². The van der Waals surface area contributed by atoms with Gasteiger partial charge in [0.1, 0.15) is 0 Å². The molecule has 0 saturated heterocycles. The standard InChI is InChI=1S/C29H46O5/c1-3-5-7-9-11-13-15-17-22-32-27-24-20-19-21-25(30)26(24)34-29(31)28(27)33-23-18-16-14-12-10-8-6-4-2/h19-21,30H,3-18,22-23H2,1-2H3. The number of aromatic hydroxyl groups is 1. The van der Waals surface area contributed by atoms with Gasteiger partial charge in [-0.1, -0.05) is 110 Å². The summed E-state index contributed by atoms with van der Waals surface area (Å²) >= 11 is 0. The van der Waals surface area contributed by atoms with Crippen molar-refractivity contribution in [2.75, 3.05) is 13.2 Å². The Morgan fingerprint density at radius 3 is 1.68 bits per heavy atom. The third-order valence-corrected chi connectivity index (χ3v) is 6.31. The molecule has 1 N–H and O–H groups in total. The molecule has 0 amide bonds. The fourth-order valence-corrected chi connectivity index (χ4v) is 4.25. The Morgan fingerprint density at radius 2 is 1.15 bits per heavy atom. The fraction of sp³-hybridized carbons (Fsp3) is 0.690. The molecule has 34 heavy (non-hydrogen) atoms. The largest absolute Gasteiger partial charge is 0.504 e. The molecular formula is C29H46O5. The molecule has 2 rings (SSSR count). The zero-order chi connectivity index (χ0) is 24.4. The highest BCUT2D eigenvalue weighted by molar-refractivity contribution is 5.89. The molecule has 0 aliphatic heterocycles. The van der Waals surface area contributed by atoms with Gasteiger partial charge < -0.3 is 19.0 Å². The van der Waals surface area contributed by atoms with Crippen LogP contribution in [0.3, 0.4) is 0 Å². The predicted molar refractivity (Wildman–Crippen MR) is 140 cm³/mol. The summed E-state index contributed by atoms with van der Waals surface area (Å²) < 4.78 is 17.3. The summed E-state index contributed by atoms with van der Waals surface area (Å²) in [4.78, 5) is 12.7. The molecule has 1 aromatic heterocycles. The first-order valence-electron chi connectivity index (χ1n) is 13.7. The molecule has 1 heterocycles. The number of rotatable bonds is 20. The first-order valence-corrected chi connectivity index (χ1v) is 13.7. The summed E-state index contributed by atoms with van der Waals surface area (Å²) in [6.07, 6.45) is 19.3. The maximum atomic E-state index is 12.7. The summed E-state index contributed by atoms with van der Waals surface area (Å²) in [6, 6.07) is 5.03. The number of hydrogen-bond donors (Lipinski definition) is 1. The van der Waals surface area contributed by atoms with Crippen molar-refractivity contribution in [2.45, 2.75) is 117 Å². The van der Waals surface area contributed by atoms with E-state index in [4.69, 9.17) is 13.9 Å². The van der Waals surface area contributed by atoms with E-state index in [9.17, 15) is 9.90 Å². The number of para-hydroxylation sites is 1. The Balaban J connectivity index is 1.88. The van der Waals surface area contributed by atoms with Gasteiger partial charge in [-0.05, 0) is 25.0 Å². The minimum atomic E-state index is -0.598. The van der Waals surface area contributed by atoms with Crippen LogP contribution in [-0.4, -0.2) is 18.3 Å². The van der Waals surface area contributed by atoms with E-state index in [-0.39, 0.29) is 17.1 Å². The maximum Gasteiger partial charge on any atom is 0.383 e. The minimum Gasteiger partial charge on any atom is -0.504 e. The highest BCUT2D eigenvalue weighted by atomic mass is 16.5. The molecule has 5 heteroatoms. The van der Waals surface area contributed by atoms with Crippen LogP contribution in [0.1, 0.15) is 117 Å². The smallest absolute Gasteiger partial charge is 0.383 e. The molecule has 192 valence electrons. The van der Waals surface area contributed by atoms with Crippen LogP contribution in [0.5, 0.6) is 17.2 Å². The molecular weight excluding hydrogens is 428 g/mol. The molecule has 2 aromatic rings. The van der Waals surface area contributed by atoms with Gasteiger partial charge in [-0.3, -0.25) is 0 Å². The van der Waals surface area contributed by atoms with Crippen molar-refractivity contribution < 1.29 is 19.0 Å². The summed E-state index contributed by atoms with van der Waals surface area (Å²) in [5, 5.41) is 10.7. The van der Waals surface area contributed by atoms with Crippen LogP contribution in [0, 0.1) is 0 Å². The summed E-state index contributed by atoms with van der Waals surface area (Å²) in [7, 11) is 0. The number of benzene rings is 1. The monoisotopic (exact) mass is 474 g/mol. The minimum absolute atomic E-state index is 0.0684. The fourth-order valence-electron chi connectivity index (χ4n) is 4.25. The zero-order valence-corrected chi connectivity index (χ0v) is 21.5. The second-order valence-electron chi connectivity index (χ2n) is 9.35. The van der Waals surface area contributed by atoms with Crippen LogP contribution in [0.25, 0.3) is 11.0 Å². The Bertz CT molecular complexity index is 857. The van der Waals surface area contributed by atoms with E-state index in [0.717, 1.165) is 25.7 Å². The third-order valence-electron chi connectivity index (χ3n) is 6.31. The molecule has 0 saturated carbocycles. The van der Waals surface area contributed by atoms with E-state index in [1.165, 1.54) is 83.1 Å². The van der Waals surface area contributed by atoms with Crippen molar-refractivity contribution in [2.24, 2.45) is 0 Å². The van der Waals surface area contributed by atoms with Crippen LogP contribution in [-0.2, 0) is 0 Å². The van der Waals surface area contributed by atoms with Crippen molar-refractivity contribution in [3.8, 4) is 17.2 Å². The second-order valence-corrected chi connectivity index (χ2v) is 9.35. The molecule has 0 fully saturated rings. The zero-order valence-electron chi connectivity index (χ0n) is 21.5. The number of phenolic OH excluding ortho intramolecular Hbond substituents is 1. The molecule has 5 nitrogen and oxygen atoms in total. The lowest BCUT2D eigenvalue weighted by atomic mass is 10.1. The third kappa shape index (κ3) is 9.99. The molecule has 0 radical (unpaired) electrons. The molecule has 0 atom stereocenters. The first kappa shape index (κ1) is 28.1. The van der Waals surface area contributed by atoms with E-state index in [0.29, 0.717) is 24.3 Å². The van der Waals surface area contributed by atoms with Gasteiger partial charge in [-0.2, -0.15) is 0 Å². The van der Waals surface area contributed by atoms with Gasteiger partial charge in [0.05, 0.1) is 18.6 Å². The second kappa shape index (κ2) is 17.3. The van der Waals surface area contributed by atoms with Crippen LogP contribution in [0.2, 0.25) is 0 Å². The maximum absolute atomic E-state index is 12.7. The Labute approximate surface area is 205 Å². The van der Waals surface area contributed by atoms with Gasteiger partial charge in [0.2, 0.25) is 5.75 Å². The van der Waals surface area contributed by atoms with Gasteiger partial charge in [-0.15, -0.1) is 0 Å². The SMILES string of the molecule is CCCCCCCCCCOc1c(OCCCCCCCCCC)c2cccc(O)c2oc1=O. The highest BCUT2D eigenvalue weighted by Crippen LogP contribution is 2.36. The molecule has 0 aliphatic carbocycles. The van der Waals surface area contributed by atoms with Crippen LogP contribution in [0.15, 0.2) is 27.4 Å². The first-order chi connectivity index (χ1) is 16.7. The van der Waals surface area contributed by atoms with Crippen LogP contribution < -0.4 is 15.1 Å². The van der Waals surface area contributed by atoms with Crippen molar-refractivity contribution >= 4 is 11.0 Å². The number of unbranched alkanes of at least 4 members (excludes halogenated alkanes) is 14. The number of phenols is 1. The lowest BCUT2D eigenvalue weighted by Crippen LogP contribution is -2.12. The summed E-state index contributed by atoms with van der Waals surface area (Å²) in [5.74, 6) is 0.450. The van der Waals surface area contributed by atoms with Crippen molar-refractivity contribution in [3.05, 3.63) is 28.6 Å². The number of hydrogen-bond acceptors (Lipinski definition) is 5. The van der Waals surface area contributed by atoms with Crippen molar-refractivity contribution in [1.29, 1.82) is 0 Å². The topological polar surface area (TPSA) is 68.9 Å². The highest BCUT2D eigenvalue weighted by Gasteiger charge is 2.19. The van der Waals surface area contributed by atoms with E-state index >= 15 is 0 Å². The number of fused-ring (bicyclic) bond motifs is 1. The molecule has 0 aliphatic rings. The number of ether oxygens (including phenoxy) is 2. The van der Waals surface area contributed by atoms with Gasteiger partial charge in [0, 0.05) is 0 Å². The average molecular weight is 475 g/mol. The lowest BCUT2D eigenvalue weighted by molar-refractivity contribution is 0.250.